The van der Waals surface area contributed by atoms with E-state index in [0.717, 1.165) is 0 Å². The average Bonchev–Trinajstić information content (AvgIpc) is 2.68. The molecule has 0 bridgehead atoms. The van der Waals surface area contributed by atoms with Gasteiger partial charge in [0.2, 0.25) is 0 Å². The molecule has 1 atom stereocenters. The van der Waals surface area contributed by atoms with E-state index in [1.54, 1.807) is 12.1 Å². The van der Waals surface area contributed by atoms with Crippen LogP contribution in [0.4, 0.5) is 4.79 Å². The predicted molar refractivity (Wildman–Crippen MR) is 101 cm³/mol. The Bertz CT molecular complexity index is 798. The van der Waals surface area contributed by atoms with Gasteiger partial charge in [0, 0.05) is 6.54 Å². The summed E-state index contributed by atoms with van der Waals surface area (Å²) in [7, 11) is 0. The molecular formula is C22H21NO2. The minimum Gasteiger partial charge on any atom is -0.410 e. The van der Waals surface area contributed by atoms with Crippen molar-refractivity contribution in [3.05, 3.63) is 90.5 Å². The second-order valence-electron chi connectivity index (χ2n) is 5.97. The number of hydrogen-bond donors (Lipinski definition) is 1. The molecule has 3 heteroatoms. The van der Waals surface area contributed by atoms with Crippen molar-refractivity contribution < 1.29 is 9.53 Å². The van der Waals surface area contributed by atoms with Gasteiger partial charge >= 0.3 is 6.09 Å². The number of amides is 1. The molecule has 0 spiro atoms. The molecule has 0 aromatic heterocycles. The zero-order valence-corrected chi connectivity index (χ0v) is 14.2. The molecule has 0 aliphatic heterocycles. The minimum atomic E-state index is -0.432. The quantitative estimate of drug-likeness (QED) is 0.694. The smallest absolute Gasteiger partial charge is 0.410 e. The Kier molecular flexibility index (Phi) is 5.47. The first-order chi connectivity index (χ1) is 12.2. The van der Waals surface area contributed by atoms with E-state index in [0.29, 0.717) is 12.3 Å². The predicted octanol–water partition coefficient (Wildman–Crippen LogP) is 5.25. The summed E-state index contributed by atoms with van der Waals surface area (Å²) in [6, 6.07) is 27.8. The van der Waals surface area contributed by atoms with Gasteiger partial charge in [-0.25, -0.2) is 4.79 Å². The van der Waals surface area contributed by atoms with E-state index in [-0.39, 0.29) is 5.92 Å². The maximum atomic E-state index is 11.9. The van der Waals surface area contributed by atoms with Crippen LogP contribution < -0.4 is 10.1 Å². The number of nitrogens with one attached hydrogen (secondary N) is 1. The Morgan fingerprint density at radius 1 is 0.840 bits per heavy atom. The lowest BCUT2D eigenvalue weighted by atomic mass is 9.97. The van der Waals surface area contributed by atoms with Crippen LogP contribution in [0.5, 0.6) is 5.75 Å². The summed E-state index contributed by atoms with van der Waals surface area (Å²) in [6.07, 6.45) is -0.432. The Morgan fingerprint density at radius 3 is 2.04 bits per heavy atom. The number of hydrogen-bond acceptors (Lipinski definition) is 2. The lowest BCUT2D eigenvalue weighted by molar-refractivity contribution is 0.200. The third kappa shape index (κ3) is 4.70. The number of carbonyl (C=O) groups excluding carboxylic acids is 1. The van der Waals surface area contributed by atoms with Crippen molar-refractivity contribution in [3.8, 4) is 16.9 Å². The summed E-state index contributed by atoms with van der Waals surface area (Å²) in [5.41, 5.74) is 3.57. The topological polar surface area (TPSA) is 38.3 Å². The molecular weight excluding hydrogens is 310 g/mol. The zero-order valence-electron chi connectivity index (χ0n) is 14.2. The fourth-order valence-corrected chi connectivity index (χ4v) is 2.62. The standard InChI is InChI=1S/C22H21NO2/c1-17(16-23-22(24)25-21-10-6-3-7-11-21)18-12-14-20(15-13-18)19-8-4-2-5-9-19/h2-15,17H,16H2,1H3,(H,23,24). The van der Waals surface area contributed by atoms with Crippen LogP contribution in [0.3, 0.4) is 0 Å². The molecule has 0 saturated heterocycles. The maximum absolute atomic E-state index is 11.9. The summed E-state index contributed by atoms with van der Waals surface area (Å²) in [4.78, 5) is 11.9. The summed E-state index contributed by atoms with van der Waals surface area (Å²) in [5, 5.41) is 2.81. The van der Waals surface area contributed by atoms with Crippen molar-refractivity contribution in [3.63, 3.8) is 0 Å². The van der Waals surface area contributed by atoms with Gasteiger partial charge in [-0.15, -0.1) is 0 Å². The number of para-hydroxylation sites is 1. The van der Waals surface area contributed by atoms with Crippen molar-refractivity contribution in [1.29, 1.82) is 0 Å². The Hall–Kier alpha value is -3.07. The molecule has 3 aromatic carbocycles. The Morgan fingerprint density at radius 2 is 1.40 bits per heavy atom. The fourth-order valence-electron chi connectivity index (χ4n) is 2.62. The van der Waals surface area contributed by atoms with Gasteiger partial charge in [-0.2, -0.15) is 0 Å². The van der Waals surface area contributed by atoms with Crippen molar-refractivity contribution in [2.24, 2.45) is 0 Å². The molecule has 3 nitrogen and oxygen atoms in total. The molecule has 3 rings (SSSR count). The van der Waals surface area contributed by atoms with E-state index in [1.165, 1.54) is 16.7 Å². The highest BCUT2D eigenvalue weighted by molar-refractivity contribution is 5.70. The molecule has 1 N–H and O–H groups in total. The van der Waals surface area contributed by atoms with Crippen LogP contribution in [0.25, 0.3) is 11.1 Å². The average molecular weight is 331 g/mol. The lowest BCUT2D eigenvalue weighted by Gasteiger charge is -2.14. The highest BCUT2D eigenvalue weighted by Gasteiger charge is 2.09. The van der Waals surface area contributed by atoms with Gasteiger partial charge in [0.1, 0.15) is 5.75 Å². The molecule has 0 aliphatic rings. The monoisotopic (exact) mass is 331 g/mol. The third-order valence-electron chi connectivity index (χ3n) is 4.09. The third-order valence-corrected chi connectivity index (χ3v) is 4.09. The van der Waals surface area contributed by atoms with Crippen LogP contribution in [0.1, 0.15) is 18.4 Å². The van der Waals surface area contributed by atoms with Gasteiger partial charge in [0.15, 0.2) is 0 Å². The highest BCUT2D eigenvalue weighted by Crippen LogP contribution is 2.22. The number of benzene rings is 3. The minimum absolute atomic E-state index is 0.202. The molecule has 1 unspecified atom stereocenters. The van der Waals surface area contributed by atoms with Crippen LogP contribution in [0, 0.1) is 0 Å². The second-order valence-corrected chi connectivity index (χ2v) is 5.97. The van der Waals surface area contributed by atoms with Crippen LogP contribution in [-0.2, 0) is 0 Å². The maximum Gasteiger partial charge on any atom is 0.412 e. The molecule has 0 radical (unpaired) electrons. The summed E-state index contributed by atoms with van der Waals surface area (Å²) < 4.78 is 5.23. The van der Waals surface area contributed by atoms with Gasteiger partial charge in [0.25, 0.3) is 0 Å². The molecule has 1 amide bonds. The number of ether oxygens (including phenoxy) is 1. The van der Waals surface area contributed by atoms with Crippen molar-refractivity contribution in [2.45, 2.75) is 12.8 Å². The molecule has 0 saturated carbocycles. The molecule has 0 aliphatic carbocycles. The largest absolute Gasteiger partial charge is 0.412 e. The Labute approximate surface area is 148 Å². The van der Waals surface area contributed by atoms with Crippen LogP contribution >= 0.6 is 0 Å². The van der Waals surface area contributed by atoms with Gasteiger partial charge in [-0.3, -0.25) is 0 Å². The second kappa shape index (κ2) is 8.15. The molecule has 3 aromatic rings. The summed E-state index contributed by atoms with van der Waals surface area (Å²) in [5.74, 6) is 0.744. The molecule has 0 heterocycles. The van der Waals surface area contributed by atoms with Gasteiger partial charge in [-0.1, -0.05) is 79.7 Å². The van der Waals surface area contributed by atoms with Crippen LogP contribution in [-0.4, -0.2) is 12.6 Å². The van der Waals surface area contributed by atoms with E-state index in [1.807, 2.05) is 36.4 Å². The highest BCUT2D eigenvalue weighted by atomic mass is 16.5. The van der Waals surface area contributed by atoms with Crippen molar-refractivity contribution >= 4 is 6.09 Å². The Balaban J connectivity index is 1.54. The van der Waals surface area contributed by atoms with E-state index in [9.17, 15) is 4.79 Å². The molecule has 25 heavy (non-hydrogen) atoms. The first-order valence-corrected chi connectivity index (χ1v) is 8.38. The molecule has 126 valence electrons. The van der Waals surface area contributed by atoms with Crippen molar-refractivity contribution in [1.82, 2.24) is 5.32 Å². The first-order valence-electron chi connectivity index (χ1n) is 8.38. The normalized spacial score (nSPS) is 11.6. The zero-order chi connectivity index (χ0) is 17.5. The number of carbonyl (C=O) groups is 1. The first kappa shape index (κ1) is 16.8. The van der Waals surface area contributed by atoms with E-state index < -0.39 is 6.09 Å². The van der Waals surface area contributed by atoms with E-state index >= 15 is 0 Å². The van der Waals surface area contributed by atoms with Gasteiger partial charge in [0.05, 0.1) is 0 Å². The van der Waals surface area contributed by atoms with Crippen LogP contribution in [0.15, 0.2) is 84.9 Å². The van der Waals surface area contributed by atoms with E-state index in [4.69, 9.17) is 4.74 Å². The fraction of sp³-hybridized carbons (Fsp3) is 0.136. The summed E-state index contributed by atoms with van der Waals surface area (Å²) in [6.45, 7) is 2.61. The summed E-state index contributed by atoms with van der Waals surface area (Å²) >= 11 is 0. The lowest BCUT2D eigenvalue weighted by Crippen LogP contribution is -2.30. The van der Waals surface area contributed by atoms with Crippen LogP contribution in [0.2, 0.25) is 0 Å². The van der Waals surface area contributed by atoms with Gasteiger partial charge < -0.3 is 10.1 Å². The van der Waals surface area contributed by atoms with Gasteiger partial charge in [-0.05, 0) is 34.7 Å². The van der Waals surface area contributed by atoms with E-state index in [2.05, 4.69) is 48.6 Å². The van der Waals surface area contributed by atoms with Crippen molar-refractivity contribution in [2.75, 3.05) is 6.54 Å². The molecule has 0 fully saturated rings. The number of rotatable bonds is 5. The SMILES string of the molecule is CC(CNC(=O)Oc1ccccc1)c1ccc(-c2ccccc2)cc1.